The molecular formula is C15H18BrNO2. The van der Waals surface area contributed by atoms with E-state index >= 15 is 0 Å². The molecule has 0 aliphatic rings. The number of hydrogen-bond donors (Lipinski definition) is 0. The van der Waals surface area contributed by atoms with Gasteiger partial charge in [-0.15, -0.1) is 0 Å². The quantitative estimate of drug-likeness (QED) is 0.769. The molecule has 102 valence electrons. The lowest BCUT2D eigenvalue weighted by Gasteiger charge is -2.20. The van der Waals surface area contributed by atoms with Crippen molar-refractivity contribution in [2.24, 2.45) is 0 Å². The first-order valence-electron chi connectivity index (χ1n) is 6.31. The molecule has 3 nitrogen and oxygen atoms in total. The first kappa shape index (κ1) is 14.1. The highest BCUT2D eigenvalue weighted by Gasteiger charge is 2.21. The molecule has 0 amide bonds. The highest BCUT2D eigenvalue weighted by molar-refractivity contribution is 9.09. The third kappa shape index (κ3) is 3.18. The smallest absolute Gasteiger partial charge is 0.419 e. The lowest BCUT2D eigenvalue weighted by Crippen LogP contribution is -2.28. The van der Waals surface area contributed by atoms with Crippen LogP contribution >= 0.6 is 15.9 Å². The van der Waals surface area contributed by atoms with Gasteiger partial charge in [0.1, 0.15) is 5.60 Å². The number of ether oxygens (including phenoxy) is 1. The molecule has 2 rings (SSSR count). The van der Waals surface area contributed by atoms with Crippen LogP contribution in [-0.4, -0.2) is 21.6 Å². The van der Waals surface area contributed by atoms with Gasteiger partial charge in [0.15, 0.2) is 0 Å². The van der Waals surface area contributed by atoms with Gasteiger partial charge in [0, 0.05) is 16.4 Å². The molecular weight excluding hydrogens is 306 g/mol. The Kier molecular flexibility index (Phi) is 3.99. The summed E-state index contributed by atoms with van der Waals surface area (Å²) < 4.78 is 7.15. The number of alkyl halides is 1. The maximum atomic E-state index is 12.4. The molecule has 2 aromatic rings. The molecule has 1 heterocycles. The normalized spacial score (nSPS) is 11.8. The molecule has 19 heavy (non-hydrogen) atoms. The SMILES string of the molecule is CC(C)(C)OC(=O)n1c(CCBr)cc2ccccc21. The summed E-state index contributed by atoms with van der Waals surface area (Å²) in [7, 11) is 0. The Bertz CT molecular complexity index is 596. The molecule has 1 aromatic heterocycles. The van der Waals surface area contributed by atoms with Crippen molar-refractivity contribution in [2.75, 3.05) is 5.33 Å². The van der Waals surface area contributed by atoms with E-state index in [1.165, 1.54) is 0 Å². The van der Waals surface area contributed by atoms with E-state index in [0.29, 0.717) is 0 Å². The number of fused-ring (bicyclic) bond motifs is 1. The van der Waals surface area contributed by atoms with Crippen LogP contribution < -0.4 is 0 Å². The van der Waals surface area contributed by atoms with Crippen molar-refractivity contribution in [1.29, 1.82) is 0 Å². The Labute approximate surface area is 121 Å². The number of para-hydroxylation sites is 1. The van der Waals surface area contributed by atoms with Crippen molar-refractivity contribution < 1.29 is 9.53 Å². The Morgan fingerprint density at radius 3 is 2.63 bits per heavy atom. The highest BCUT2D eigenvalue weighted by atomic mass is 79.9. The minimum absolute atomic E-state index is 0.315. The molecule has 0 bridgehead atoms. The van der Waals surface area contributed by atoms with Crippen LogP contribution in [0.25, 0.3) is 10.9 Å². The lowest BCUT2D eigenvalue weighted by atomic mass is 10.2. The third-order valence-electron chi connectivity index (χ3n) is 2.71. The van der Waals surface area contributed by atoms with E-state index in [-0.39, 0.29) is 6.09 Å². The van der Waals surface area contributed by atoms with Gasteiger partial charge in [0.25, 0.3) is 0 Å². The van der Waals surface area contributed by atoms with Crippen LogP contribution in [-0.2, 0) is 11.2 Å². The molecule has 0 aliphatic heterocycles. The van der Waals surface area contributed by atoms with Crippen LogP contribution in [0.1, 0.15) is 26.5 Å². The van der Waals surface area contributed by atoms with Gasteiger partial charge in [-0.2, -0.15) is 0 Å². The second-order valence-corrected chi connectivity index (χ2v) is 6.24. The Hall–Kier alpha value is -1.29. The topological polar surface area (TPSA) is 31.2 Å². The summed E-state index contributed by atoms with van der Waals surface area (Å²) in [5.74, 6) is 0. The van der Waals surface area contributed by atoms with Gasteiger partial charge in [-0.25, -0.2) is 9.36 Å². The van der Waals surface area contributed by atoms with Crippen molar-refractivity contribution in [2.45, 2.75) is 32.8 Å². The minimum atomic E-state index is -0.492. The van der Waals surface area contributed by atoms with E-state index in [1.807, 2.05) is 51.1 Å². The van der Waals surface area contributed by atoms with E-state index < -0.39 is 5.60 Å². The molecule has 0 fully saturated rings. The van der Waals surface area contributed by atoms with Gasteiger partial charge in [-0.1, -0.05) is 34.1 Å². The summed E-state index contributed by atoms with van der Waals surface area (Å²) in [5, 5.41) is 1.87. The molecule has 0 unspecified atom stereocenters. The fourth-order valence-corrected chi connectivity index (χ4v) is 2.42. The maximum Gasteiger partial charge on any atom is 0.419 e. The van der Waals surface area contributed by atoms with Gasteiger partial charge >= 0.3 is 6.09 Å². The number of aryl methyl sites for hydroxylation is 1. The Morgan fingerprint density at radius 1 is 1.32 bits per heavy atom. The van der Waals surface area contributed by atoms with Gasteiger partial charge in [-0.05, 0) is 39.3 Å². The molecule has 0 N–H and O–H groups in total. The van der Waals surface area contributed by atoms with E-state index in [4.69, 9.17) is 4.74 Å². The first-order valence-corrected chi connectivity index (χ1v) is 7.43. The third-order valence-corrected chi connectivity index (χ3v) is 3.11. The van der Waals surface area contributed by atoms with E-state index in [9.17, 15) is 4.79 Å². The molecule has 1 aromatic carbocycles. The average molecular weight is 324 g/mol. The van der Waals surface area contributed by atoms with Crippen molar-refractivity contribution >= 4 is 32.9 Å². The van der Waals surface area contributed by atoms with E-state index in [1.54, 1.807) is 4.57 Å². The Balaban J connectivity index is 2.50. The van der Waals surface area contributed by atoms with E-state index in [2.05, 4.69) is 15.9 Å². The molecule has 0 atom stereocenters. The van der Waals surface area contributed by atoms with Gasteiger partial charge in [0.05, 0.1) is 5.52 Å². The molecule has 0 radical (unpaired) electrons. The minimum Gasteiger partial charge on any atom is -0.443 e. The summed E-state index contributed by atoms with van der Waals surface area (Å²) >= 11 is 3.42. The van der Waals surface area contributed by atoms with E-state index in [0.717, 1.165) is 28.3 Å². The second-order valence-electron chi connectivity index (χ2n) is 5.45. The molecule has 0 spiro atoms. The zero-order valence-electron chi connectivity index (χ0n) is 11.4. The monoisotopic (exact) mass is 323 g/mol. The number of benzene rings is 1. The predicted molar refractivity (Wildman–Crippen MR) is 81.1 cm³/mol. The fraction of sp³-hybridized carbons (Fsp3) is 0.400. The van der Waals surface area contributed by atoms with Gasteiger partial charge < -0.3 is 4.74 Å². The highest BCUT2D eigenvalue weighted by Crippen LogP contribution is 2.22. The first-order chi connectivity index (χ1) is 8.92. The number of hydrogen-bond acceptors (Lipinski definition) is 2. The molecule has 4 heteroatoms. The largest absolute Gasteiger partial charge is 0.443 e. The summed E-state index contributed by atoms with van der Waals surface area (Å²) in [6.07, 6.45) is 0.470. The van der Waals surface area contributed by atoms with Gasteiger partial charge in [-0.3, -0.25) is 0 Å². The summed E-state index contributed by atoms with van der Waals surface area (Å²) in [6.45, 7) is 5.63. The zero-order valence-corrected chi connectivity index (χ0v) is 13.0. The average Bonchev–Trinajstić information content (AvgIpc) is 2.65. The van der Waals surface area contributed by atoms with Gasteiger partial charge in [0.2, 0.25) is 0 Å². The summed E-state index contributed by atoms with van der Waals surface area (Å²) in [6, 6.07) is 9.90. The number of carbonyl (C=O) groups is 1. The van der Waals surface area contributed by atoms with Crippen LogP contribution in [0, 0.1) is 0 Å². The van der Waals surface area contributed by atoms with Crippen LogP contribution in [0.4, 0.5) is 4.79 Å². The molecule has 0 saturated carbocycles. The Morgan fingerprint density at radius 2 is 2.00 bits per heavy atom. The number of aromatic nitrogens is 1. The number of nitrogens with zero attached hydrogens (tertiary/aromatic N) is 1. The lowest BCUT2D eigenvalue weighted by molar-refractivity contribution is 0.0540. The van der Waals surface area contributed by atoms with Crippen LogP contribution in [0.3, 0.4) is 0 Å². The molecule has 0 aliphatic carbocycles. The number of rotatable bonds is 2. The van der Waals surface area contributed by atoms with Crippen molar-refractivity contribution in [3.8, 4) is 0 Å². The van der Waals surface area contributed by atoms with Crippen molar-refractivity contribution in [1.82, 2.24) is 4.57 Å². The number of carbonyl (C=O) groups excluding carboxylic acids is 1. The van der Waals surface area contributed by atoms with Crippen LogP contribution in [0.15, 0.2) is 30.3 Å². The predicted octanol–water partition coefficient (Wildman–Crippen LogP) is 4.36. The second kappa shape index (κ2) is 5.37. The molecule has 0 saturated heterocycles. The summed E-state index contributed by atoms with van der Waals surface area (Å²) in [4.78, 5) is 12.4. The standard InChI is InChI=1S/C15H18BrNO2/c1-15(2,3)19-14(18)17-12(8-9-16)10-11-6-4-5-7-13(11)17/h4-7,10H,8-9H2,1-3H3. The maximum absolute atomic E-state index is 12.4. The number of halogens is 1. The zero-order chi connectivity index (χ0) is 14.0. The fourth-order valence-electron chi connectivity index (χ4n) is 2.02. The van der Waals surface area contributed by atoms with Crippen LogP contribution in [0.2, 0.25) is 0 Å². The summed E-state index contributed by atoms with van der Waals surface area (Å²) in [5.41, 5.74) is 1.37. The van der Waals surface area contributed by atoms with Crippen LogP contribution in [0.5, 0.6) is 0 Å². The van der Waals surface area contributed by atoms with Crippen molar-refractivity contribution in [3.63, 3.8) is 0 Å². The van der Waals surface area contributed by atoms with Crippen molar-refractivity contribution in [3.05, 3.63) is 36.0 Å².